The van der Waals surface area contributed by atoms with Gasteiger partial charge >= 0.3 is 12.1 Å². The Morgan fingerprint density at radius 3 is 2.36 bits per heavy atom. The summed E-state index contributed by atoms with van der Waals surface area (Å²) < 4.78 is 19.8. The number of benzene rings is 2. The van der Waals surface area contributed by atoms with Gasteiger partial charge in [-0.15, -0.1) is 0 Å². The summed E-state index contributed by atoms with van der Waals surface area (Å²) in [5.41, 5.74) is 0.811. The molecule has 0 fully saturated rings. The molecule has 2 aromatic rings. The third-order valence-corrected chi connectivity index (χ3v) is 3.73. The lowest BCUT2D eigenvalue weighted by Gasteiger charge is -2.17. The molecule has 0 saturated carbocycles. The molecule has 0 N–H and O–H groups in total. The van der Waals surface area contributed by atoms with Crippen molar-refractivity contribution >= 4 is 22.9 Å². The van der Waals surface area contributed by atoms with Crippen molar-refractivity contribution in [2.24, 2.45) is 0 Å². The second kappa shape index (κ2) is 8.37. The predicted octanol–water partition coefficient (Wildman–Crippen LogP) is 4.01. The molecule has 0 amide bonds. The van der Waals surface area contributed by atoms with Crippen LogP contribution in [0.5, 0.6) is 5.75 Å². The Morgan fingerprint density at radius 1 is 1.00 bits per heavy atom. The second-order valence-electron chi connectivity index (χ2n) is 5.50. The van der Waals surface area contributed by atoms with Crippen LogP contribution in [0.25, 0.3) is 10.8 Å². The molecule has 134 valence electrons. The van der Waals surface area contributed by atoms with Crippen molar-refractivity contribution < 1.29 is 28.5 Å². The minimum absolute atomic E-state index is 0.192. The van der Waals surface area contributed by atoms with Crippen LogP contribution in [0.15, 0.2) is 36.4 Å². The van der Waals surface area contributed by atoms with E-state index in [1.807, 2.05) is 36.4 Å². The molecule has 0 spiro atoms. The zero-order chi connectivity index (χ0) is 18.4. The maximum absolute atomic E-state index is 12.3. The molecular weight excluding hydrogens is 324 g/mol. The minimum atomic E-state index is -1.02. The molecule has 0 saturated heterocycles. The van der Waals surface area contributed by atoms with E-state index in [0.717, 1.165) is 22.1 Å². The van der Waals surface area contributed by atoms with E-state index in [2.05, 4.69) is 4.74 Å². The van der Waals surface area contributed by atoms with E-state index in [1.54, 1.807) is 21.0 Å². The number of rotatable bonds is 6. The van der Waals surface area contributed by atoms with E-state index in [0.29, 0.717) is 0 Å². The van der Waals surface area contributed by atoms with Gasteiger partial charge in [0.15, 0.2) is 0 Å². The molecule has 2 aromatic carbocycles. The van der Waals surface area contributed by atoms with Crippen molar-refractivity contribution in [2.75, 3.05) is 13.7 Å². The third-order valence-electron chi connectivity index (χ3n) is 3.73. The van der Waals surface area contributed by atoms with Crippen molar-refractivity contribution in [3.05, 3.63) is 42.0 Å². The second-order valence-corrected chi connectivity index (χ2v) is 5.50. The Hall–Kier alpha value is -2.76. The Kier molecular flexibility index (Phi) is 6.22. The third kappa shape index (κ3) is 4.86. The number of carbonyl (C=O) groups is 2. The molecule has 0 aliphatic carbocycles. The van der Waals surface area contributed by atoms with Crippen LogP contribution >= 0.6 is 0 Å². The van der Waals surface area contributed by atoms with Gasteiger partial charge in [-0.25, -0.2) is 4.79 Å². The standard InChI is InChI=1S/C19H22O6/c1-5-23-19(21)25-13(3)24-18(20)12(2)14-6-7-16-11-17(22-4)9-8-15(16)10-14/h6-13H,5H2,1-4H3. The van der Waals surface area contributed by atoms with Crippen molar-refractivity contribution in [1.82, 2.24) is 0 Å². The van der Waals surface area contributed by atoms with Crippen LogP contribution in [-0.4, -0.2) is 32.1 Å². The average Bonchev–Trinajstić information content (AvgIpc) is 2.60. The number of carbonyl (C=O) groups excluding carboxylic acids is 2. The molecule has 25 heavy (non-hydrogen) atoms. The van der Waals surface area contributed by atoms with Gasteiger partial charge in [0.2, 0.25) is 6.29 Å². The Morgan fingerprint density at radius 2 is 1.68 bits per heavy atom. The highest BCUT2D eigenvalue weighted by atomic mass is 16.8. The topological polar surface area (TPSA) is 71.1 Å². The Bertz CT molecular complexity index is 755. The van der Waals surface area contributed by atoms with Crippen LogP contribution in [0.3, 0.4) is 0 Å². The van der Waals surface area contributed by atoms with Crippen LogP contribution in [0.4, 0.5) is 4.79 Å². The van der Waals surface area contributed by atoms with Gasteiger partial charge in [0.1, 0.15) is 5.75 Å². The largest absolute Gasteiger partial charge is 0.511 e. The predicted molar refractivity (Wildman–Crippen MR) is 92.6 cm³/mol. The van der Waals surface area contributed by atoms with E-state index >= 15 is 0 Å². The molecule has 0 aromatic heterocycles. The Balaban J connectivity index is 2.06. The molecular formula is C19H22O6. The van der Waals surface area contributed by atoms with Gasteiger partial charge in [-0.1, -0.05) is 24.3 Å². The van der Waals surface area contributed by atoms with Gasteiger partial charge in [-0.3, -0.25) is 4.79 Å². The van der Waals surface area contributed by atoms with Crippen molar-refractivity contribution in [3.63, 3.8) is 0 Å². The first kappa shape index (κ1) is 18.6. The van der Waals surface area contributed by atoms with E-state index in [4.69, 9.17) is 14.2 Å². The number of methoxy groups -OCH3 is 1. The lowest BCUT2D eigenvalue weighted by atomic mass is 9.98. The lowest BCUT2D eigenvalue weighted by molar-refractivity contribution is -0.169. The van der Waals surface area contributed by atoms with Gasteiger partial charge in [0.25, 0.3) is 0 Å². The number of hydrogen-bond acceptors (Lipinski definition) is 6. The average molecular weight is 346 g/mol. The zero-order valence-electron chi connectivity index (χ0n) is 14.8. The van der Waals surface area contributed by atoms with E-state index in [9.17, 15) is 9.59 Å². The summed E-state index contributed by atoms with van der Waals surface area (Å²) in [6.07, 6.45) is -1.88. The van der Waals surface area contributed by atoms with Crippen LogP contribution in [0.1, 0.15) is 32.3 Å². The number of esters is 1. The van der Waals surface area contributed by atoms with Gasteiger partial charge in [0, 0.05) is 6.92 Å². The molecule has 0 aliphatic rings. The van der Waals surface area contributed by atoms with E-state index in [-0.39, 0.29) is 6.61 Å². The van der Waals surface area contributed by atoms with Gasteiger partial charge in [-0.2, -0.15) is 0 Å². The summed E-state index contributed by atoms with van der Waals surface area (Å²) in [7, 11) is 1.62. The smallest absolute Gasteiger partial charge is 0.497 e. The lowest BCUT2D eigenvalue weighted by Crippen LogP contribution is -2.24. The van der Waals surface area contributed by atoms with Crippen LogP contribution in [-0.2, 0) is 19.0 Å². The minimum Gasteiger partial charge on any atom is -0.497 e. The van der Waals surface area contributed by atoms with E-state index < -0.39 is 24.3 Å². The summed E-state index contributed by atoms with van der Waals surface area (Å²) in [6.45, 7) is 5.06. The molecule has 0 bridgehead atoms. The van der Waals surface area contributed by atoms with Crippen molar-refractivity contribution in [2.45, 2.75) is 33.0 Å². The fraction of sp³-hybridized carbons (Fsp3) is 0.368. The molecule has 0 radical (unpaired) electrons. The first-order valence-electron chi connectivity index (χ1n) is 8.06. The number of hydrogen-bond donors (Lipinski definition) is 0. The monoisotopic (exact) mass is 346 g/mol. The normalized spacial score (nSPS) is 13.0. The van der Waals surface area contributed by atoms with Crippen LogP contribution < -0.4 is 4.74 Å². The van der Waals surface area contributed by atoms with Crippen molar-refractivity contribution in [3.8, 4) is 5.75 Å². The molecule has 6 nitrogen and oxygen atoms in total. The maximum Gasteiger partial charge on any atom is 0.511 e. The summed E-state index contributed by atoms with van der Waals surface area (Å²) in [5.74, 6) is -0.206. The van der Waals surface area contributed by atoms with Crippen LogP contribution in [0, 0.1) is 0 Å². The first-order chi connectivity index (χ1) is 11.9. The summed E-state index contributed by atoms with van der Waals surface area (Å²) >= 11 is 0. The highest BCUT2D eigenvalue weighted by molar-refractivity contribution is 5.86. The summed E-state index contributed by atoms with van der Waals surface area (Å²) in [4.78, 5) is 23.5. The Labute approximate surface area is 146 Å². The van der Waals surface area contributed by atoms with Gasteiger partial charge in [0.05, 0.1) is 19.6 Å². The zero-order valence-corrected chi connectivity index (χ0v) is 14.8. The summed E-state index contributed by atoms with van der Waals surface area (Å²) in [5, 5.41) is 2.01. The van der Waals surface area contributed by atoms with Gasteiger partial charge in [-0.05, 0) is 42.3 Å². The van der Waals surface area contributed by atoms with Crippen LogP contribution in [0.2, 0.25) is 0 Å². The van der Waals surface area contributed by atoms with E-state index in [1.165, 1.54) is 6.92 Å². The first-order valence-corrected chi connectivity index (χ1v) is 8.06. The summed E-state index contributed by atoms with van der Waals surface area (Å²) in [6, 6.07) is 11.4. The quantitative estimate of drug-likeness (QED) is 0.581. The molecule has 2 rings (SSSR count). The number of ether oxygens (including phenoxy) is 4. The highest BCUT2D eigenvalue weighted by Crippen LogP contribution is 2.26. The highest BCUT2D eigenvalue weighted by Gasteiger charge is 2.21. The number of fused-ring (bicyclic) bond motifs is 1. The van der Waals surface area contributed by atoms with Crippen molar-refractivity contribution in [1.29, 1.82) is 0 Å². The molecule has 0 heterocycles. The SMILES string of the molecule is CCOC(=O)OC(C)OC(=O)C(C)c1ccc2cc(OC)ccc2c1. The fourth-order valence-electron chi connectivity index (χ4n) is 2.35. The molecule has 2 unspecified atom stereocenters. The fourth-order valence-corrected chi connectivity index (χ4v) is 2.35. The molecule has 0 aliphatic heterocycles. The molecule has 6 heteroatoms. The maximum atomic E-state index is 12.3. The van der Waals surface area contributed by atoms with Gasteiger partial charge < -0.3 is 18.9 Å². The molecule has 2 atom stereocenters.